The molecule has 2 atom stereocenters. The first kappa shape index (κ1) is 19.1. The van der Waals surface area contributed by atoms with Gasteiger partial charge in [0.1, 0.15) is 0 Å². The molecule has 0 fully saturated rings. The number of hydrogen-bond acceptors (Lipinski definition) is 3. The monoisotopic (exact) mass is 343 g/mol. The van der Waals surface area contributed by atoms with Gasteiger partial charge in [0.25, 0.3) is 0 Å². The maximum Gasteiger partial charge on any atom is 0.178 e. The van der Waals surface area contributed by atoms with Crippen molar-refractivity contribution < 1.29 is 12.6 Å². The third-order valence-electron chi connectivity index (χ3n) is 3.10. The highest BCUT2D eigenvalue weighted by molar-refractivity contribution is 7.91. The highest BCUT2D eigenvalue weighted by atomic mass is 32.2. The molecule has 1 aromatic carbocycles. The van der Waals surface area contributed by atoms with Crippen molar-refractivity contribution in [3.05, 3.63) is 42.5 Å². The van der Waals surface area contributed by atoms with Crippen molar-refractivity contribution in [1.82, 2.24) is 4.72 Å². The molecular weight excluding hydrogens is 318 g/mol. The molecule has 0 saturated heterocycles. The van der Waals surface area contributed by atoms with Gasteiger partial charge in [-0.3, -0.25) is 0 Å². The molecule has 0 saturated carbocycles. The fourth-order valence-electron chi connectivity index (χ4n) is 1.81. The van der Waals surface area contributed by atoms with E-state index in [1.54, 1.807) is 30.3 Å². The number of hydrogen-bond donors (Lipinski definition) is 1. The van der Waals surface area contributed by atoms with Gasteiger partial charge in [0.2, 0.25) is 0 Å². The van der Waals surface area contributed by atoms with Crippen LogP contribution in [-0.2, 0) is 20.8 Å². The molecule has 0 amide bonds. The van der Waals surface area contributed by atoms with Gasteiger partial charge in [-0.05, 0) is 44.9 Å². The lowest BCUT2D eigenvalue weighted by molar-refractivity contribution is 0.594. The van der Waals surface area contributed by atoms with Gasteiger partial charge in [-0.2, -0.15) is 0 Å². The third kappa shape index (κ3) is 5.04. The lowest BCUT2D eigenvalue weighted by Crippen LogP contribution is -2.35. The minimum atomic E-state index is -3.21. The van der Waals surface area contributed by atoms with Crippen LogP contribution >= 0.6 is 0 Å². The first-order chi connectivity index (χ1) is 10.1. The predicted molar refractivity (Wildman–Crippen MR) is 92.8 cm³/mol. The minimum absolute atomic E-state index is 0.142. The number of benzene rings is 1. The molecule has 0 aliphatic rings. The Kier molecular flexibility index (Phi) is 6.52. The van der Waals surface area contributed by atoms with Crippen molar-refractivity contribution in [1.29, 1.82) is 0 Å². The summed E-state index contributed by atoms with van der Waals surface area (Å²) in [6.07, 6.45) is 2.25. The molecule has 124 valence electrons. The van der Waals surface area contributed by atoms with Crippen LogP contribution in [0.4, 0.5) is 0 Å². The maximum atomic E-state index is 12.2. The zero-order chi connectivity index (χ0) is 17.0. The topological polar surface area (TPSA) is 63.2 Å². The molecular formula is C16H25NO3S2. The van der Waals surface area contributed by atoms with Gasteiger partial charge >= 0.3 is 0 Å². The van der Waals surface area contributed by atoms with E-state index in [9.17, 15) is 12.6 Å². The average molecular weight is 344 g/mol. The molecule has 4 nitrogen and oxygen atoms in total. The lowest BCUT2D eigenvalue weighted by atomic mass is 10.1. The Bertz CT molecular complexity index is 628. The van der Waals surface area contributed by atoms with Crippen LogP contribution in [0.5, 0.6) is 0 Å². The zero-order valence-corrected chi connectivity index (χ0v) is 15.3. The Hall–Kier alpha value is -0.980. The Morgan fingerprint density at radius 2 is 1.82 bits per heavy atom. The normalized spacial score (nSPS) is 15.3. The molecule has 1 N–H and O–H groups in total. The molecule has 0 radical (unpaired) electrons. The smallest absolute Gasteiger partial charge is 0.178 e. The van der Waals surface area contributed by atoms with Gasteiger partial charge < -0.3 is 0 Å². The predicted octanol–water partition coefficient (Wildman–Crippen LogP) is 3.15. The van der Waals surface area contributed by atoms with Crippen LogP contribution in [0.25, 0.3) is 0 Å². The highest BCUT2D eigenvalue weighted by Gasteiger charge is 2.22. The number of rotatable bonds is 7. The summed E-state index contributed by atoms with van der Waals surface area (Å²) in [5.41, 5.74) is 0.836. The van der Waals surface area contributed by atoms with Crippen molar-refractivity contribution in [3.63, 3.8) is 0 Å². The third-order valence-corrected chi connectivity index (χ3v) is 6.61. The van der Waals surface area contributed by atoms with E-state index in [-0.39, 0.29) is 16.5 Å². The van der Waals surface area contributed by atoms with Crippen LogP contribution in [0.1, 0.15) is 45.7 Å². The summed E-state index contributed by atoms with van der Waals surface area (Å²) in [6, 6.07) is 6.38. The Balaban J connectivity index is 2.97. The van der Waals surface area contributed by atoms with E-state index in [4.69, 9.17) is 0 Å². The van der Waals surface area contributed by atoms with Crippen LogP contribution in [0.2, 0.25) is 0 Å². The quantitative estimate of drug-likeness (QED) is 0.774. The van der Waals surface area contributed by atoms with Gasteiger partial charge in [0, 0.05) is 0 Å². The van der Waals surface area contributed by atoms with E-state index in [2.05, 4.69) is 11.3 Å². The molecule has 2 unspecified atom stereocenters. The molecule has 0 heterocycles. The summed E-state index contributed by atoms with van der Waals surface area (Å²) in [6.45, 7) is 11.3. The second kappa shape index (κ2) is 7.53. The Morgan fingerprint density at radius 1 is 1.27 bits per heavy atom. The molecule has 0 aromatic heterocycles. The van der Waals surface area contributed by atoms with Crippen molar-refractivity contribution in [2.24, 2.45) is 0 Å². The van der Waals surface area contributed by atoms with Crippen LogP contribution < -0.4 is 4.72 Å². The van der Waals surface area contributed by atoms with Crippen LogP contribution in [0.3, 0.4) is 0 Å². The van der Waals surface area contributed by atoms with E-state index in [1.807, 2.05) is 27.7 Å². The van der Waals surface area contributed by atoms with Gasteiger partial charge in [-0.15, -0.1) is 6.58 Å². The maximum absolute atomic E-state index is 12.2. The summed E-state index contributed by atoms with van der Waals surface area (Å²) in [7, 11) is -4.44. The van der Waals surface area contributed by atoms with E-state index in [1.165, 1.54) is 0 Å². The highest BCUT2D eigenvalue weighted by Crippen LogP contribution is 2.21. The molecule has 6 heteroatoms. The fourth-order valence-corrected chi connectivity index (χ4v) is 3.95. The SMILES string of the molecule is C=CC(NS(=O)C(C)(C)C)c1ccc(S(=O)(=O)CCC)cc1. The van der Waals surface area contributed by atoms with Gasteiger partial charge in [0.15, 0.2) is 9.84 Å². The van der Waals surface area contributed by atoms with Gasteiger partial charge in [-0.25, -0.2) is 17.3 Å². The van der Waals surface area contributed by atoms with Gasteiger partial charge in [-0.1, -0.05) is 25.1 Å². The summed E-state index contributed by atoms with van der Waals surface area (Å²) >= 11 is 0. The first-order valence-corrected chi connectivity index (χ1v) is 10.1. The molecule has 1 aromatic rings. The van der Waals surface area contributed by atoms with E-state index < -0.39 is 20.8 Å². The second-order valence-electron chi connectivity index (χ2n) is 6.10. The zero-order valence-electron chi connectivity index (χ0n) is 13.6. The van der Waals surface area contributed by atoms with Gasteiger partial charge in [0.05, 0.1) is 32.4 Å². The van der Waals surface area contributed by atoms with E-state index >= 15 is 0 Å². The largest absolute Gasteiger partial charge is 0.242 e. The summed E-state index contributed by atoms with van der Waals surface area (Å²) in [5.74, 6) is 0.142. The minimum Gasteiger partial charge on any atom is -0.242 e. The van der Waals surface area contributed by atoms with Crippen LogP contribution in [-0.4, -0.2) is 23.1 Å². The average Bonchev–Trinajstić information content (AvgIpc) is 2.43. The van der Waals surface area contributed by atoms with Crippen molar-refractivity contribution >= 4 is 20.8 Å². The molecule has 0 aliphatic carbocycles. The molecule has 0 bridgehead atoms. The van der Waals surface area contributed by atoms with Crippen molar-refractivity contribution in [3.8, 4) is 0 Å². The second-order valence-corrected chi connectivity index (χ2v) is 10.2. The van der Waals surface area contributed by atoms with Crippen molar-refractivity contribution in [2.75, 3.05) is 5.75 Å². The Labute approximate surface area is 136 Å². The van der Waals surface area contributed by atoms with Crippen LogP contribution in [0, 0.1) is 0 Å². The molecule has 1 rings (SSSR count). The fraction of sp³-hybridized carbons (Fsp3) is 0.500. The molecule has 0 spiro atoms. The summed E-state index contributed by atoms with van der Waals surface area (Å²) in [5, 5.41) is 0. The first-order valence-electron chi connectivity index (χ1n) is 7.25. The van der Waals surface area contributed by atoms with Crippen molar-refractivity contribution in [2.45, 2.75) is 49.8 Å². The molecule has 22 heavy (non-hydrogen) atoms. The molecule has 0 aliphatic heterocycles. The lowest BCUT2D eigenvalue weighted by Gasteiger charge is -2.22. The van der Waals surface area contributed by atoms with E-state index in [0.29, 0.717) is 11.3 Å². The van der Waals surface area contributed by atoms with E-state index in [0.717, 1.165) is 5.56 Å². The summed E-state index contributed by atoms with van der Waals surface area (Å²) < 4.78 is 38.8. The Morgan fingerprint density at radius 3 is 2.23 bits per heavy atom. The number of nitrogens with one attached hydrogen (secondary N) is 1. The summed E-state index contributed by atoms with van der Waals surface area (Å²) in [4.78, 5) is 0.317. The number of sulfone groups is 1. The van der Waals surface area contributed by atoms with Crippen LogP contribution in [0.15, 0.2) is 41.8 Å². The standard InChI is InChI=1S/C16H25NO3S2/c1-6-12-22(19,20)14-10-8-13(9-11-14)15(7-2)17-21(18)16(3,4)5/h7-11,15,17H,2,6,12H2,1,3-5H3.